The summed E-state index contributed by atoms with van der Waals surface area (Å²) < 4.78 is 40.7. The van der Waals surface area contributed by atoms with Crippen LogP contribution in [-0.2, 0) is 26.2 Å². The Morgan fingerprint density at radius 3 is 2.21 bits per heavy atom. The number of halogens is 1. The first-order valence-electron chi connectivity index (χ1n) is 10.8. The third kappa shape index (κ3) is 6.77. The minimum atomic E-state index is -3.82. The molecule has 0 bridgehead atoms. The second kappa shape index (κ2) is 11.3. The van der Waals surface area contributed by atoms with Crippen LogP contribution in [0, 0.1) is 19.7 Å². The number of carbonyl (C=O) groups is 2. The molecular formula is C24H32FN3O4S. The molecule has 0 heterocycles. The number of nitrogens with zero attached hydrogens (tertiary/aromatic N) is 2. The highest BCUT2D eigenvalue weighted by atomic mass is 32.2. The lowest BCUT2D eigenvalue weighted by atomic mass is 10.1. The summed E-state index contributed by atoms with van der Waals surface area (Å²) in [6, 6.07) is 10.4. The molecule has 33 heavy (non-hydrogen) atoms. The Kier molecular flexibility index (Phi) is 8.99. The smallest absolute Gasteiger partial charge is 0.244 e. The summed E-state index contributed by atoms with van der Waals surface area (Å²) >= 11 is 0. The molecule has 0 spiro atoms. The fourth-order valence-corrected chi connectivity index (χ4v) is 4.53. The van der Waals surface area contributed by atoms with E-state index in [0.29, 0.717) is 29.8 Å². The average molecular weight is 478 g/mol. The number of carbonyl (C=O) groups excluding carboxylic acids is 2. The van der Waals surface area contributed by atoms with Gasteiger partial charge in [-0.2, -0.15) is 0 Å². The van der Waals surface area contributed by atoms with Crippen LogP contribution < -0.4 is 9.62 Å². The second-order valence-corrected chi connectivity index (χ2v) is 10.00. The maximum Gasteiger partial charge on any atom is 0.244 e. The normalized spacial score (nSPS) is 12.2. The number of nitrogens with one attached hydrogen (secondary N) is 1. The maximum absolute atomic E-state index is 14.4. The van der Waals surface area contributed by atoms with Crippen LogP contribution in [0.25, 0.3) is 0 Å². The zero-order chi connectivity index (χ0) is 24.8. The van der Waals surface area contributed by atoms with Crippen molar-refractivity contribution in [2.24, 2.45) is 0 Å². The van der Waals surface area contributed by atoms with Crippen molar-refractivity contribution in [1.82, 2.24) is 10.2 Å². The molecule has 1 N–H and O–H groups in total. The molecule has 2 amide bonds. The molecule has 0 saturated heterocycles. The quantitative estimate of drug-likeness (QED) is 0.570. The number of para-hydroxylation sites is 1. The van der Waals surface area contributed by atoms with Gasteiger partial charge in [-0.3, -0.25) is 13.9 Å². The highest BCUT2D eigenvalue weighted by molar-refractivity contribution is 7.92. The zero-order valence-electron chi connectivity index (χ0n) is 19.8. The van der Waals surface area contributed by atoms with Gasteiger partial charge in [0, 0.05) is 18.7 Å². The fraction of sp³-hybridized carbons (Fsp3) is 0.417. The zero-order valence-corrected chi connectivity index (χ0v) is 20.6. The fourth-order valence-electron chi connectivity index (χ4n) is 3.56. The first-order valence-corrected chi connectivity index (χ1v) is 12.7. The topological polar surface area (TPSA) is 86.8 Å². The van der Waals surface area contributed by atoms with Crippen LogP contribution >= 0.6 is 0 Å². The molecule has 0 saturated carbocycles. The number of anilines is 1. The monoisotopic (exact) mass is 477 g/mol. The molecule has 0 radical (unpaired) electrons. The minimum absolute atomic E-state index is 0.170. The van der Waals surface area contributed by atoms with Crippen LogP contribution in [0.3, 0.4) is 0 Å². The van der Waals surface area contributed by atoms with E-state index < -0.39 is 34.3 Å². The van der Waals surface area contributed by atoms with E-state index in [1.54, 1.807) is 45.0 Å². The van der Waals surface area contributed by atoms with Crippen LogP contribution in [0.15, 0.2) is 42.5 Å². The SMILES string of the molecule is CCCNC(=O)[C@@H](C)N(Cc1ccccc1F)C(=O)CN(c1c(C)cccc1C)S(C)(=O)=O. The predicted octanol–water partition coefficient (Wildman–Crippen LogP) is 3.15. The summed E-state index contributed by atoms with van der Waals surface area (Å²) in [4.78, 5) is 27.3. The molecule has 2 rings (SSSR count). The van der Waals surface area contributed by atoms with E-state index in [1.165, 1.54) is 23.1 Å². The van der Waals surface area contributed by atoms with Gasteiger partial charge in [0.25, 0.3) is 0 Å². The summed E-state index contributed by atoms with van der Waals surface area (Å²) in [5.41, 5.74) is 2.05. The Balaban J connectivity index is 2.45. The van der Waals surface area contributed by atoms with Gasteiger partial charge in [-0.15, -0.1) is 0 Å². The van der Waals surface area contributed by atoms with Crippen molar-refractivity contribution in [3.63, 3.8) is 0 Å². The molecule has 1 atom stereocenters. The van der Waals surface area contributed by atoms with Gasteiger partial charge in [0.15, 0.2) is 0 Å². The molecule has 2 aromatic rings. The first-order chi connectivity index (χ1) is 15.5. The van der Waals surface area contributed by atoms with Crippen LogP contribution in [0.1, 0.15) is 37.0 Å². The minimum Gasteiger partial charge on any atom is -0.354 e. The van der Waals surface area contributed by atoms with Crippen molar-refractivity contribution in [2.45, 2.75) is 46.7 Å². The van der Waals surface area contributed by atoms with E-state index >= 15 is 0 Å². The van der Waals surface area contributed by atoms with Gasteiger partial charge in [-0.1, -0.05) is 43.3 Å². The molecule has 2 aromatic carbocycles. The number of hydrogen-bond acceptors (Lipinski definition) is 4. The molecule has 9 heteroatoms. The largest absolute Gasteiger partial charge is 0.354 e. The Morgan fingerprint density at radius 1 is 1.06 bits per heavy atom. The van der Waals surface area contributed by atoms with Crippen LogP contribution in [0.5, 0.6) is 0 Å². The van der Waals surface area contributed by atoms with Crippen LogP contribution in [-0.4, -0.2) is 50.5 Å². The Hall–Kier alpha value is -2.94. The van der Waals surface area contributed by atoms with Crippen molar-refractivity contribution >= 4 is 27.5 Å². The summed E-state index contributed by atoms with van der Waals surface area (Å²) in [7, 11) is -3.82. The van der Waals surface area contributed by atoms with Crippen molar-refractivity contribution < 1.29 is 22.4 Å². The molecule has 7 nitrogen and oxygen atoms in total. The van der Waals surface area contributed by atoms with E-state index in [0.717, 1.165) is 10.6 Å². The van der Waals surface area contributed by atoms with E-state index in [2.05, 4.69) is 5.32 Å². The lowest BCUT2D eigenvalue weighted by Gasteiger charge is -2.32. The number of amides is 2. The Labute approximate surface area is 195 Å². The van der Waals surface area contributed by atoms with Crippen molar-refractivity contribution in [2.75, 3.05) is 23.7 Å². The number of aryl methyl sites for hydroxylation is 2. The van der Waals surface area contributed by atoms with Gasteiger partial charge in [-0.25, -0.2) is 12.8 Å². The van der Waals surface area contributed by atoms with Crippen molar-refractivity contribution in [3.05, 3.63) is 65.0 Å². The lowest BCUT2D eigenvalue weighted by molar-refractivity contribution is -0.139. The standard InChI is InChI=1S/C24H32FN3O4S/c1-6-14-26-24(30)19(4)27(15-20-12-7-8-13-21(20)25)22(29)16-28(33(5,31)32)23-17(2)10-9-11-18(23)3/h7-13,19H,6,14-16H2,1-5H3,(H,26,30)/t19-/m1/s1. The van der Waals surface area contributed by atoms with Gasteiger partial charge < -0.3 is 10.2 Å². The van der Waals surface area contributed by atoms with Crippen molar-refractivity contribution in [3.8, 4) is 0 Å². The molecule has 180 valence electrons. The third-order valence-corrected chi connectivity index (χ3v) is 6.50. The van der Waals surface area contributed by atoms with Gasteiger partial charge in [0.05, 0.1) is 11.9 Å². The molecular weight excluding hydrogens is 445 g/mol. The Morgan fingerprint density at radius 2 is 1.67 bits per heavy atom. The lowest BCUT2D eigenvalue weighted by Crippen LogP contribution is -2.51. The average Bonchev–Trinajstić information content (AvgIpc) is 2.74. The van der Waals surface area contributed by atoms with E-state index in [9.17, 15) is 22.4 Å². The van der Waals surface area contributed by atoms with E-state index in [4.69, 9.17) is 0 Å². The molecule has 0 aliphatic heterocycles. The predicted molar refractivity (Wildman–Crippen MR) is 128 cm³/mol. The van der Waals surface area contributed by atoms with Crippen molar-refractivity contribution in [1.29, 1.82) is 0 Å². The maximum atomic E-state index is 14.4. The summed E-state index contributed by atoms with van der Waals surface area (Å²) in [6.45, 7) is 6.74. The molecule has 0 fully saturated rings. The number of benzene rings is 2. The van der Waals surface area contributed by atoms with Gasteiger partial charge in [0.2, 0.25) is 21.8 Å². The highest BCUT2D eigenvalue weighted by Gasteiger charge is 2.31. The Bertz CT molecular complexity index is 1080. The molecule has 0 unspecified atom stereocenters. The number of rotatable bonds is 10. The highest BCUT2D eigenvalue weighted by Crippen LogP contribution is 2.27. The third-order valence-electron chi connectivity index (χ3n) is 5.38. The molecule has 0 aliphatic rings. The number of hydrogen-bond donors (Lipinski definition) is 1. The van der Waals surface area contributed by atoms with Crippen LogP contribution in [0.4, 0.5) is 10.1 Å². The summed E-state index contributed by atoms with van der Waals surface area (Å²) in [6.07, 6.45) is 1.75. The first kappa shape index (κ1) is 26.3. The van der Waals surface area contributed by atoms with Gasteiger partial charge >= 0.3 is 0 Å². The molecule has 0 aromatic heterocycles. The van der Waals surface area contributed by atoms with Gasteiger partial charge in [0.1, 0.15) is 18.4 Å². The number of sulfonamides is 1. The van der Waals surface area contributed by atoms with E-state index in [1.807, 2.05) is 6.92 Å². The summed E-state index contributed by atoms with van der Waals surface area (Å²) in [5, 5.41) is 2.74. The second-order valence-electron chi connectivity index (χ2n) is 8.09. The van der Waals surface area contributed by atoms with Gasteiger partial charge in [-0.05, 0) is 44.4 Å². The van der Waals surface area contributed by atoms with E-state index in [-0.39, 0.29) is 18.0 Å². The summed E-state index contributed by atoms with van der Waals surface area (Å²) in [5.74, 6) is -1.50. The molecule has 0 aliphatic carbocycles. The van der Waals surface area contributed by atoms with Crippen LogP contribution in [0.2, 0.25) is 0 Å².